The van der Waals surface area contributed by atoms with Crippen LogP contribution in [0.15, 0.2) is 61.2 Å². The Labute approximate surface area is 311 Å². The van der Waals surface area contributed by atoms with Crippen LogP contribution in [0.5, 0.6) is 0 Å². The number of nitrogens with zero attached hydrogens (tertiary/aromatic N) is 2. The van der Waals surface area contributed by atoms with Crippen LogP contribution >= 0.6 is 0 Å². The monoisotopic (exact) mass is 737 g/mol. The lowest BCUT2D eigenvalue weighted by Gasteiger charge is -2.03. The summed E-state index contributed by atoms with van der Waals surface area (Å²) in [6.07, 6.45) is 50.3. The maximum absolute atomic E-state index is 2.29. The van der Waals surface area contributed by atoms with Crippen LogP contribution in [-0.2, 0) is 13.1 Å². The second-order valence-corrected chi connectivity index (χ2v) is 13.8. The molecule has 0 aliphatic carbocycles. The molecule has 0 unspecified atom stereocenters. The first-order chi connectivity index (χ1) is 22.4. The fourth-order valence-electron chi connectivity index (χ4n) is 6.32. The van der Waals surface area contributed by atoms with Gasteiger partial charge in [-0.25, -0.2) is 9.13 Å². The SMILES string of the molecule is CCCCCCCCCCCCCCCCC[n+]1ccccc1.CCCCCCCCCCCCCCCC[n+]1ccccc1.[Br-].[Cl-]. The Morgan fingerprint density at radius 3 is 0.681 bits per heavy atom. The lowest BCUT2D eigenvalue weighted by atomic mass is 10.0. The Hall–Kier alpha value is -0.930. The molecule has 0 fully saturated rings. The van der Waals surface area contributed by atoms with Crippen LogP contribution in [0.4, 0.5) is 0 Å². The van der Waals surface area contributed by atoms with Crippen LogP contribution in [0.3, 0.4) is 0 Å². The van der Waals surface area contributed by atoms with Gasteiger partial charge >= 0.3 is 0 Å². The number of halogens is 2. The third-order valence-electron chi connectivity index (χ3n) is 9.34. The molecule has 2 aromatic rings. The second-order valence-electron chi connectivity index (χ2n) is 13.8. The number of aromatic nitrogens is 2. The maximum atomic E-state index is 2.29. The fourth-order valence-corrected chi connectivity index (χ4v) is 6.32. The van der Waals surface area contributed by atoms with E-state index in [4.69, 9.17) is 0 Å². The molecule has 0 N–H and O–H groups in total. The van der Waals surface area contributed by atoms with Gasteiger partial charge in [0.15, 0.2) is 24.8 Å². The minimum absolute atomic E-state index is 0. The summed E-state index contributed by atoms with van der Waals surface area (Å²) in [5.74, 6) is 0. The molecule has 2 nitrogen and oxygen atoms in total. The molecule has 0 saturated heterocycles. The molecule has 0 atom stereocenters. The number of hydrogen-bond acceptors (Lipinski definition) is 0. The van der Waals surface area contributed by atoms with Crippen molar-refractivity contribution in [2.24, 2.45) is 0 Å². The molecule has 2 aromatic heterocycles. The number of pyridine rings is 2. The van der Waals surface area contributed by atoms with Crippen LogP contribution in [0.1, 0.15) is 200 Å². The summed E-state index contributed by atoms with van der Waals surface area (Å²) in [5, 5.41) is 0. The molecule has 2 heterocycles. The van der Waals surface area contributed by atoms with Crippen molar-refractivity contribution in [2.45, 2.75) is 213 Å². The van der Waals surface area contributed by atoms with E-state index in [1.807, 2.05) is 0 Å². The Balaban J connectivity index is 0. The van der Waals surface area contributed by atoms with Gasteiger partial charge in [-0.05, 0) is 12.8 Å². The van der Waals surface area contributed by atoms with Gasteiger partial charge in [0.2, 0.25) is 0 Å². The molecule has 274 valence electrons. The molecular weight excluding hydrogens is 660 g/mol. The van der Waals surface area contributed by atoms with E-state index < -0.39 is 0 Å². The summed E-state index contributed by atoms with van der Waals surface area (Å²) >= 11 is 0. The smallest absolute Gasteiger partial charge is 0.168 e. The molecule has 0 aliphatic heterocycles. The summed E-state index contributed by atoms with van der Waals surface area (Å²) in [5.41, 5.74) is 0. The van der Waals surface area contributed by atoms with Crippen LogP contribution in [-0.4, -0.2) is 0 Å². The fraction of sp³-hybridized carbons (Fsp3) is 0.767. The molecule has 0 aliphatic rings. The highest BCUT2D eigenvalue weighted by atomic mass is 79.9. The summed E-state index contributed by atoms with van der Waals surface area (Å²) in [6.45, 7) is 6.95. The third-order valence-corrected chi connectivity index (χ3v) is 9.34. The molecule has 0 saturated carbocycles. The van der Waals surface area contributed by atoms with Crippen molar-refractivity contribution < 1.29 is 38.5 Å². The number of rotatable bonds is 31. The average Bonchev–Trinajstić information content (AvgIpc) is 3.08. The van der Waals surface area contributed by atoms with E-state index in [1.54, 1.807) is 0 Å². The van der Waals surface area contributed by atoms with Crippen LogP contribution < -0.4 is 38.5 Å². The predicted molar refractivity (Wildman–Crippen MR) is 199 cm³/mol. The highest BCUT2D eigenvalue weighted by molar-refractivity contribution is 4.84. The Morgan fingerprint density at radius 2 is 0.468 bits per heavy atom. The highest BCUT2D eigenvalue weighted by Crippen LogP contribution is 2.14. The van der Waals surface area contributed by atoms with E-state index in [0.717, 1.165) is 0 Å². The third kappa shape index (κ3) is 36.2. The number of hydrogen-bond donors (Lipinski definition) is 0. The molecular formula is C43H78BrClN2. The summed E-state index contributed by atoms with van der Waals surface area (Å²) < 4.78 is 4.59. The Morgan fingerprint density at radius 1 is 0.277 bits per heavy atom. The van der Waals surface area contributed by atoms with Gasteiger partial charge < -0.3 is 29.4 Å². The lowest BCUT2D eigenvalue weighted by molar-refractivity contribution is -0.697. The first-order valence-electron chi connectivity index (χ1n) is 20.2. The minimum Gasteiger partial charge on any atom is -1.00 e. The zero-order valence-electron chi connectivity index (χ0n) is 31.3. The van der Waals surface area contributed by atoms with Gasteiger partial charge in [0.1, 0.15) is 13.1 Å². The van der Waals surface area contributed by atoms with Crippen molar-refractivity contribution in [3.8, 4) is 0 Å². The Bertz CT molecular complexity index is 804. The molecule has 0 aromatic carbocycles. The molecule has 0 bridgehead atoms. The van der Waals surface area contributed by atoms with Gasteiger partial charge in [-0.15, -0.1) is 0 Å². The van der Waals surface area contributed by atoms with Gasteiger partial charge in [-0.2, -0.15) is 0 Å². The molecule has 0 amide bonds. The first kappa shape index (κ1) is 48.2. The normalized spacial score (nSPS) is 10.5. The highest BCUT2D eigenvalue weighted by Gasteiger charge is 2.00. The maximum Gasteiger partial charge on any atom is 0.168 e. The van der Waals surface area contributed by atoms with Crippen molar-refractivity contribution in [1.29, 1.82) is 0 Å². The van der Waals surface area contributed by atoms with E-state index >= 15 is 0 Å². The summed E-state index contributed by atoms with van der Waals surface area (Å²) in [7, 11) is 0. The average molecular weight is 738 g/mol. The predicted octanol–water partition coefficient (Wildman–Crippen LogP) is 7.31. The zero-order chi connectivity index (χ0) is 32.1. The summed E-state index contributed by atoms with van der Waals surface area (Å²) in [6, 6.07) is 12.6. The van der Waals surface area contributed by atoms with E-state index in [9.17, 15) is 0 Å². The molecule has 2 rings (SSSR count). The zero-order valence-corrected chi connectivity index (χ0v) is 33.7. The van der Waals surface area contributed by atoms with Crippen LogP contribution in [0, 0.1) is 0 Å². The van der Waals surface area contributed by atoms with E-state index in [2.05, 4.69) is 84.2 Å². The lowest BCUT2D eigenvalue weighted by Crippen LogP contribution is -3.00. The molecule has 0 radical (unpaired) electrons. The van der Waals surface area contributed by atoms with Gasteiger partial charge in [0.05, 0.1) is 0 Å². The standard InChI is InChI=1S/C22H40N.C21H38N.BrH.ClH/c1-2-3-4-5-6-7-8-9-10-11-12-13-14-15-17-20-23-21-18-16-19-22-23;1-2-3-4-5-6-7-8-9-10-11-12-13-14-16-19-22-20-17-15-18-21-22;;/h16,18-19,21-22H,2-15,17,20H2,1H3;15,17-18,20-21H,2-14,16,19H2,1H3;2*1H/q2*+1;;/p-2. The van der Waals surface area contributed by atoms with Gasteiger partial charge in [-0.1, -0.05) is 187 Å². The van der Waals surface area contributed by atoms with Crippen molar-refractivity contribution in [3.05, 3.63) is 61.2 Å². The van der Waals surface area contributed by atoms with Crippen molar-refractivity contribution >= 4 is 0 Å². The van der Waals surface area contributed by atoms with Gasteiger partial charge in [-0.3, -0.25) is 0 Å². The quantitative estimate of drug-likeness (QED) is 0.0567. The number of unbranched alkanes of at least 4 members (excludes halogenated alkanes) is 27. The molecule has 0 spiro atoms. The van der Waals surface area contributed by atoms with E-state index in [-0.39, 0.29) is 29.4 Å². The van der Waals surface area contributed by atoms with Crippen LogP contribution in [0.2, 0.25) is 0 Å². The van der Waals surface area contributed by atoms with Crippen molar-refractivity contribution in [3.63, 3.8) is 0 Å². The van der Waals surface area contributed by atoms with Gasteiger partial charge in [0.25, 0.3) is 0 Å². The van der Waals surface area contributed by atoms with Crippen LogP contribution in [0.25, 0.3) is 0 Å². The topological polar surface area (TPSA) is 7.76 Å². The van der Waals surface area contributed by atoms with Crippen molar-refractivity contribution in [2.75, 3.05) is 0 Å². The minimum atomic E-state index is 0. The van der Waals surface area contributed by atoms with Gasteiger partial charge in [0, 0.05) is 37.1 Å². The molecule has 4 heteroatoms. The number of aryl methyl sites for hydroxylation is 2. The first-order valence-corrected chi connectivity index (χ1v) is 20.2. The van der Waals surface area contributed by atoms with Crippen molar-refractivity contribution in [1.82, 2.24) is 0 Å². The summed E-state index contributed by atoms with van der Waals surface area (Å²) in [4.78, 5) is 0. The van der Waals surface area contributed by atoms with E-state index in [1.165, 1.54) is 199 Å². The largest absolute Gasteiger partial charge is 1.00 e. The second kappa shape index (κ2) is 41.2. The Kier molecular flexibility index (Phi) is 42.3. The molecule has 47 heavy (non-hydrogen) atoms. The van der Waals surface area contributed by atoms with E-state index in [0.29, 0.717) is 0 Å².